The van der Waals surface area contributed by atoms with Gasteiger partial charge in [0.2, 0.25) is 0 Å². The number of nitrogens with zero attached hydrogens (tertiary/aromatic N) is 1. The molecule has 0 saturated carbocycles. The van der Waals surface area contributed by atoms with Gasteiger partial charge in [-0.25, -0.2) is 8.78 Å². The van der Waals surface area contributed by atoms with Gasteiger partial charge in [-0.3, -0.25) is 0 Å². The van der Waals surface area contributed by atoms with Gasteiger partial charge in [-0.1, -0.05) is 28.1 Å². The summed E-state index contributed by atoms with van der Waals surface area (Å²) in [7, 11) is 1.66. The lowest BCUT2D eigenvalue weighted by Crippen LogP contribution is -2.19. The molecule has 0 aromatic heterocycles. The van der Waals surface area contributed by atoms with Crippen LogP contribution in [-0.2, 0) is 12.4 Å². The summed E-state index contributed by atoms with van der Waals surface area (Å²) in [6, 6.07) is 10.1. The topological polar surface area (TPSA) is 3.24 Å². The molecule has 0 atom stereocenters. The molecule has 1 nitrogen and oxygen atoms in total. The van der Waals surface area contributed by atoms with Crippen molar-refractivity contribution < 1.29 is 8.78 Å². The summed E-state index contributed by atoms with van der Waals surface area (Å²) in [6.45, 7) is 0.418. The molecule has 0 fully saturated rings. The van der Waals surface area contributed by atoms with E-state index in [0.717, 1.165) is 10.0 Å². The molecule has 0 aliphatic carbocycles. The molecule has 0 N–H and O–H groups in total. The van der Waals surface area contributed by atoms with E-state index in [1.807, 2.05) is 24.3 Å². The number of benzene rings is 2. The van der Waals surface area contributed by atoms with Gasteiger partial charge in [0.1, 0.15) is 17.3 Å². The molecule has 0 amide bonds. The van der Waals surface area contributed by atoms with Crippen LogP contribution in [0.2, 0.25) is 0 Å². The van der Waals surface area contributed by atoms with Crippen LogP contribution in [0.15, 0.2) is 40.9 Å². The van der Waals surface area contributed by atoms with Crippen molar-refractivity contribution in [2.24, 2.45) is 0 Å². The summed E-state index contributed by atoms with van der Waals surface area (Å²) in [5.74, 6) is -1.11. The third-order valence-corrected chi connectivity index (χ3v) is 3.78. The molecule has 0 heterocycles. The Morgan fingerprint density at radius 1 is 1.05 bits per heavy atom. The van der Waals surface area contributed by atoms with Gasteiger partial charge in [0, 0.05) is 23.9 Å². The molecule has 5 heteroatoms. The molecule has 0 radical (unpaired) electrons. The molecule has 0 aliphatic heterocycles. The highest BCUT2D eigenvalue weighted by atomic mass is 79.9. The van der Waals surface area contributed by atoms with E-state index in [1.54, 1.807) is 11.9 Å². The van der Waals surface area contributed by atoms with E-state index in [-0.39, 0.29) is 11.6 Å². The van der Waals surface area contributed by atoms with E-state index < -0.39 is 11.6 Å². The fraction of sp³-hybridized carbons (Fsp3) is 0.200. The van der Waals surface area contributed by atoms with E-state index in [4.69, 9.17) is 11.6 Å². The molecule has 0 spiro atoms. The Labute approximate surface area is 130 Å². The van der Waals surface area contributed by atoms with E-state index >= 15 is 0 Å². The summed E-state index contributed by atoms with van der Waals surface area (Å²) in [4.78, 5) is 1.55. The highest BCUT2D eigenvalue weighted by Crippen LogP contribution is 2.26. The zero-order valence-electron chi connectivity index (χ0n) is 10.8. The molecule has 0 aliphatic rings. The van der Waals surface area contributed by atoms with Gasteiger partial charge in [0.25, 0.3) is 0 Å². The summed E-state index contributed by atoms with van der Waals surface area (Å²) in [5.41, 5.74) is 1.36. The van der Waals surface area contributed by atoms with Gasteiger partial charge in [-0.15, -0.1) is 11.6 Å². The van der Waals surface area contributed by atoms with Gasteiger partial charge in [-0.05, 0) is 35.4 Å². The van der Waals surface area contributed by atoms with Gasteiger partial charge in [0.15, 0.2) is 0 Å². The molecule has 2 aromatic rings. The Bertz CT molecular complexity index is 578. The van der Waals surface area contributed by atoms with Crippen LogP contribution in [0.25, 0.3) is 0 Å². The smallest absolute Gasteiger partial charge is 0.149 e. The van der Waals surface area contributed by atoms with Crippen molar-refractivity contribution in [3.63, 3.8) is 0 Å². The average Bonchev–Trinajstić information content (AvgIpc) is 2.40. The van der Waals surface area contributed by atoms with Crippen molar-refractivity contribution in [2.75, 3.05) is 11.9 Å². The van der Waals surface area contributed by atoms with Crippen LogP contribution in [-0.4, -0.2) is 7.05 Å². The molecular weight excluding hydrogens is 348 g/mol. The Hall–Kier alpha value is -1.13. The molecular formula is C15H13BrClF2N. The Morgan fingerprint density at radius 2 is 1.60 bits per heavy atom. The maximum Gasteiger partial charge on any atom is 0.149 e. The van der Waals surface area contributed by atoms with Crippen LogP contribution in [0.1, 0.15) is 11.1 Å². The second-order valence-electron chi connectivity index (χ2n) is 4.52. The largest absolute Gasteiger partial charge is 0.366 e. The van der Waals surface area contributed by atoms with Crippen molar-refractivity contribution in [3.8, 4) is 0 Å². The van der Waals surface area contributed by atoms with Gasteiger partial charge < -0.3 is 4.90 Å². The minimum atomic E-state index is -0.597. The first kappa shape index (κ1) is 15.3. The standard InChI is InChI=1S/C15H13BrClF2N/c1-20(9-10-2-4-12(16)5-3-10)15-13(18)6-11(8-17)7-14(15)19/h2-7H,8-9H2,1H3. The fourth-order valence-corrected chi connectivity index (χ4v) is 2.42. The molecule has 0 unspecified atom stereocenters. The van der Waals surface area contributed by atoms with Crippen molar-refractivity contribution >= 4 is 33.2 Å². The lowest BCUT2D eigenvalue weighted by atomic mass is 10.1. The molecule has 106 valence electrons. The monoisotopic (exact) mass is 359 g/mol. The first-order valence-electron chi connectivity index (χ1n) is 6.00. The van der Waals surface area contributed by atoms with Gasteiger partial charge in [-0.2, -0.15) is 0 Å². The number of rotatable bonds is 4. The summed E-state index contributed by atoms with van der Waals surface area (Å²) < 4.78 is 28.9. The first-order chi connectivity index (χ1) is 9.51. The fourth-order valence-electron chi connectivity index (χ4n) is 2.00. The lowest BCUT2D eigenvalue weighted by molar-refractivity contribution is 0.574. The number of hydrogen-bond acceptors (Lipinski definition) is 1. The molecule has 0 saturated heterocycles. The minimum absolute atomic E-state index is 0.0400. The second kappa shape index (κ2) is 6.55. The number of alkyl halides is 1. The van der Waals surface area contributed by atoms with Crippen LogP contribution in [0.4, 0.5) is 14.5 Å². The summed E-state index contributed by atoms with van der Waals surface area (Å²) in [5, 5.41) is 0. The van der Waals surface area contributed by atoms with Crippen molar-refractivity contribution in [1.82, 2.24) is 0 Å². The number of anilines is 1. The SMILES string of the molecule is CN(Cc1ccc(Br)cc1)c1c(F)cc(CCl)cc1F. The number of halogens is 4. The van der Waals surface area contributed by atoms with Crippen LogP contribution >= 0.6 is 27.5 Å². The van der Waals surface area contributed by atoms with E-state index in [1.165, 1.54) is 12.1 Å². The highest BCUT2D eigenvalue weighted by Gasteiger charge is 2.15. The van der Waals surface area contributed by atoms with Gasteiger partial charge in [0.05, 0.1) is 0 Å². The molecule has 0 bridgehead atoms. The maximum absolute atomic E-state index is 14.0. The maximum atomic E-state index is 14.0. The lowest BCUT2D eigenvalue weighted by Gasteiger charge is -2.21. The van der Waals surface area contributed by atoms with Crippen LogP contribution < -0.4 is 4.90 Å². The van der Waals surface area contributed by atoms with Crippen molar-refractivity contribution in [1.29, 1.82) is 0 Å². The third-order valence-electron chi connectivity index (χ3n) is 2.95. The Morgan fingerprint density at radius 3 is 2.10 bits per heavy atom. The quantitative estimate of drug-likeness (QED) is 0.685. The third kappa shape index (κ3) is 3.49. The van der Waals surface area contributed by atoms with Crippen LogP contribution in [0.5, 0.6) is 0 Å². The first-order valence-corrected chi connectivity index (χ1v) is 7.33. The second-order valence-corrected chi connectivity index (χ2v) is 5.71. The molecule has 2 aromatic carbocycles. The Balaban J connectivity index is 2.25. The zero-order valence-corrected chi connectivity index (χ0v) is 13.2. The van der Waals surface area contributed by atoms with Crippen LogP contribution in [0, 0.1) is 11.6 Å². The van der Waals surface area contributed by atoms with E-state index in [0.29, 0.717) is 12.1 Å². The minimum Gasteiger partial charge on any atom is -0.366 e. The average molecular weight is 361 g/mol. The van der Waals surface area contributed by atoms with Gasteiger partial charge >= 0.3 is 0 Å². The van der Waals surface area contributed by atoms with Crippen molar-refractivity contribution in [2.45, 2.75) is 12.4 Å². The van der Waals surface area contributed by atoms with Crippen molar-refractivity contribution in [3.05, 3.63) is 63.6 Å². The zero-order chi connectivity index (χ0) is 14.7. The van der Waals surface area contributed by atoms with E-state index in [2.05, 4.69) is 15.9 Å². The van der Waals surface area contributed by atoms with E-state index in [9.17, 15) is 8.78 Å². The van der Waals surface area contributed by atoms with Crippen LogP contribution in [0.3, 0.4) is 0 Å². The number of hydrogen-bond donors (Lipinski definition) is 0. The summed E-state index contributed by atoms with van der Waals surface area (Å²) >= 11 is 8.95. The summed E-state index contributed by atoms with van der Waals surface area (Å²) in [6.07, 6.45) is 0. The highest BCUT2D eigenvalue weighted by molar-refractivity contribution is 9.10. The molecule has 2 rings (SSSR count). The predicted octanol–water partition coefficient (Wildman–Crippen LogP) is 5.10. The predicted molar refractivity (Wildman–Crippen MR) is 82.2 cm³/mol. The molecule has 20 heavy (non-hydrogen) atoms. The normalized spacial score (nSPS) is 10.7. The Kier molecular flexibility index (Phi) is 5.00.